The van der Waals surface area contributed by atoms with Crippen molar-refractivity contribution in [3.8, 4) is 12.3 Å². The number of amides is 1. The SMILES string of the molecule is C#CC(=O)N(c1cccc(Cl)c1)[C@]1(C(=O)CCCc2ccccc2)CC[C@@H](O)CC1. The third kappa shape index (κ3) is 4.92. The van der Waals surface area contributed by atoms with Crippen molar-refractivity contribution in [2.45, 2.75) is 56.6 Å². The lowest BCUT2D eigenvalue weighted by Crippen LogP contribution is -2.59. The first-order chi connectivity index (χ1) is 14.5. The summed E-state index contributed by atoms with van der Waals surface area (Å²) in [5.41, 5.74) is 0.618. The van der Waals surface area contributed by atoms with Crippen LogP contribution >= 0.6 is 11.6 Å². The fourth-order valence-corrected chi connectivity index (χ4v) is 4.46. The van der Waals surface area contributed by atoms with Crippen LogP contribution < -0.4 is 4.90 Å². The molecule has 0 aromatic heterocycles. The highest BCUT2D eigenvalue weighted by molar-refractivity contribution is 6.31. The number of aryl methyl sites for hydroxylation is 1. The lowest BCUT2D eigenvalue weighted by atomic mass is 9.74. The molecule has 2 aromatic rings. The molecule has 0 radical (unpaired) electrons. The lowest BCUT2D eigenvalue weighted by Gasteiger charge is -2.45. The van der Waals surface area contributed by atoms with Crippen LogP contribution in [0.4, 0.5) is 5.69 Å². The van der Waals surface area contributed by atoms with Gasteiger partial charge in [-0.3, -0.25) is 14.5 Å². The second kappa shape index (κ2) is 9.93. The zero-order valence-corrected chi connectivity index (χ0v) is 17.6. The number of aliphatic hydroxyl groups excluding tert-OH is 1. The molecular formula is C25H26ClNO3. The number of nitrogens with zero attached hydrogens (tertiary/aromatic N) is 1. The quantitative estimate of drug-likeness (QED) is 0.663. The molecule has 0 bridgehead atoms. The van der Waals surface area contributed by atoms with E-state index in [0.717, 1.165) is 6.42 Å². The van der Waals surface area contributed by atoms with E-state index in [-0.39, 0.29) is 5.78 Å². The molecule has 1 saturated carbocycles. The van der Waals surface area contributed by atoms with Crippen LogP contribution in [0.3, 0.4) is 0 Å². The number of terminal acetylenes is 1. The summed E-state index contributed by atoms with van der Waals surface area (Å²) in [5, 5.41) is 10.5. The minimum absolute atomic E-state index is 0.0195. The number of Topliss-reactive ketones (excluding diaryl/α,β-unsaturated/α-hetero) is 1. The molecule has 0 aliphatic heterocycles. The van der Waals surface area contributed by atoms with Crippen molar-refractivity contribution in [3.63, 3.8) is 0 Å². The Morgan fingerprint density at radius 3 is 2.47 bits per heavy atom. The van der Waals surface area contributed by atoms with Gasteiger partial charge in [0.15, 0.2) is 5.78 Å². The largest absolute Gasteiger partial charge is 0.393 e. The normalized spacial score (nSPS) is 20.9. The maximum atomic E-state index is 13.6. The molecular weight excluding hydrogens is 398 g/mol. The van der Waals surface area contributed by atoms with Crippen LogP contribution in [0.5, 0.6) is 0 Å². The Labute approximate surface area is 182 Å². The Morgan fingerprint density at radius 1 is 1.13 bits per heavy atom. The monoisotopic (exact) mass is 423 g/mol. The maximum absolute atomic E-state index is 13.6. The molecule has 1 N–H and O–H groups in total. The number of benzene rings is 2. The van der Waals surface area contributed by atoms with Gasteiger partial charge < -0.3 is 5.11 Å². The van der Waals surface area contributed by atoms with E-state index in [4.69, 9.17) is 18.0 Å². The Kier molecular flexibility index (Phi) is 7.31. The summed E-state index contributed by atoms with van der Waals surface area (Å²) in [6.45, 7) is 0. The number of halogens is 1. The van der Waals surface area contributed by atoms with Gasteiger partial charge in [-0.25, -0.2) is 0 Å². The minimum Gasteiger partial charge on any atom is -0.393 e. The van der Waals surface area contributed by atoms with E-state index in [1.165, 1.54) is 10.5 Å². The van der Waals surface area contributed by atoms with Crippen molar-refractivity contribution in [1.82, 2.24) is 0 Å². The second-order valence-corrected chi connectivity index (χ2v) is 8.23. The average Bonchev–Trinajstić information content (AvgIpc) is 2.76. The molecule has 4 nitrogen and oxygen atoms in total. The van der Waals surface area contributed by atoms with E-state index in [1.54, 1.807) is 24.3 Å². The van der Waals surface area contributed by atoms with Crippen molar-refractivity contribution in [3.05, 3.63) is 65.2 Å². The van der Waals surface area contributed by atoms with Gasteiger partial charge in [0.1, 0.15) is 5.54 Å². The summed E-state index contributed by atoms with van der Waals surface area (Å²) >= 11 is 6.16. The van der Waals surface area contributed by atoms with Crippen molar-refractivity contribution in [2.24, 2.45) is 0 Å². The van der Waals surface area contributed by atoms with E-state index in [2.05, 4.69) is 5.92 Å². The Morgan fingerprint density at radius 2 is 1.83 bits per heavy atom. The maximum Gasteiger partial charge on any atom is 0.303 e. The smallest absolute Gasteiger partial charge is 0.303 e. The van der Waals surface area contributed by atoms with Crippen LogP contribution in [-0.2, 0) is 16.0 Å². The molecule has 0 atom stereocenters. The van der Waals surface area contributed by atoms with Crippen LogP contribution in [0.2, 0.25) is 5.02 Å². The van der Waals surface area contributed by atoms with Gasteiger partial charge in [0.2, 0.25) is 0 Å². The van der Waals surface area contributed by atoms with Crippen molar-refractivity contribution in [1.29, 1.82) is 0 Å². The number of hydrogen-bond donors (Lipinski definition) is 1. The highest BCUT2D eigenvalue weighted by Gasteiger charge is 2.48. The highest BCUT2D eigenvalue weighted by atomic mass is 35.5. The molecule has 1 fully saturated rings. The van der Waals surface area contributed by atoms with E-state index in [1.807, 2.05) is 30.3 Å². The molecule has 30 heavy (non-hydrogen) atoms. The number of hydrogen-bond acceptors (Lipinski definition) is 3. The second-order valence-electron chi connectivity index (χ2n) is 7.79. The van der Waals surface area contributed by atoms with Crippen LogP contribution in [0.15, 0.2) is 54.6 Å². The van der Waals surface area contributed by atoms with E-state index in [0.29, 0.717) is 49.2 Å². The molecule has 3 rings (SSSR count). The average molecular weight is 424 g/mol. The van der Waals surface area contributed by atoms with Gasteiger partial charge in [-0.15, -0.1) is 6.42 Å². The minimum atomic E-state index is -1.07. The molecule has 1 aliphatic rings. The van der Waals surface area contributed by atoms with Gasteiger partial charge >= 0.3 is 5.91 Å². The predicted molar refractivity (Wildman–Crippen MR) is 119 cm³/mol. The first-order valence-corrected chi connectivity index (χ1v) is 10.7. The first kappa shape index (κ1) is 22.1. The number of ketones is 1. The third-order valence-corrected chi connectivity index (χ3v) is 6.07. The van der Waals surface area contributed by atoms with E-state index < -0.39 is 17.6 Å². The van der Waals surface area contributed by atoms with Crippen LogP contribution in [-0.4, -0.2) is 28.4 Å². The first-order valence-electron chi connectivity index (χ1n) is 10.3. The summed E-state index contributed by atoms with van der Waals surface area (Å²) in [6.07, 6.45) is 8.44. The summed E-state index contributed by atoms with van der Waals surface area (Å²) in [6, 6.07) is 16.8. The molecule has 5 heteroatoms. The number of carbonyl (C=O) groups excluding carboxylic acids is 2. The molecule has 0 spiro atoms. The predicted octanol–water partition coefficient (Wildman–Crippen LogP) is 4.57. The number of carbonyl (C=O) groups is 2. The van der Waals surface area contributed by atoms with Crippen molar-refractivity contribution in [2.75, 3.05) is 4.90 Å². The van der Waals surface area contributed by atoms with Gasteiger partial charge in [0, 0.05) is 17.1 Å². The summed E-state index contributed by atoms with van der Waals surface area (Å²) in [7, 11) is 0. The Hall–Kier alpha value is -2.61. The Bertz CT molecular complexity index is 927. The van der Waals surface area contributed by atoms with E-state index >= 15 is 0 Å². The topological polar surface area (TPSA) is 57.6 Å². The van der Waals surface area contributed by atoms with Gasteiger partial charge in [-0.2, -0.15) is 0 Å². The highest BCUT2D eigenvalue weighted by Crippen LogP contribution is 2.39. The molecule has 1 amide bonds. The van der Waals surface area contributed by atoms with Gasteiger partial charge in [-0.05, 0) is 68.2 Å². The van der Waals surface area contributed by atoms with Crippen molar-refractivity contribution < 1.29 is 14.7 Å². The summed E-state index contributed by atoms with van der Waals surface area (Å²) < 4.78 is 0. The molecule has 2 aromatic carbocycles. The van der Waals surface area contributed by atoms with Gasteiger partial charge in [0.05, 0.1) is 6.10 Å². The van der Waals surface area contributed by atoms with E-state index in [9.17, 15) is 14.7 Å². The Balaban J connectivity index is 1.89. The fourth-order valence-electron chi connectivity index (χ4n) is 4.28. The molecule has 1 aliphatic carbocycles. The molecule has 0 heterocycles. The standard InChI is InChI=1S/C25H26ClNO3/c1-2-24(30)27(21-12-7-11-20(26)18-21)25(16-14-22(28)15-17-25)23(29)13-6-10-19-8-4-3-5-9-19/h1,3-5,7-9,11-12,18,22,28H,6,10,13-17H2/t22-,25-. The zero-order chi connectivity index (χ0) is 21.6. The number of anilines is 1. The zero-order valence-electron chi connectivity index (χ0n) is 16.9. The third-order valence-electron chi connectivity index (χ3n) is 5.83. The van der Waals surface area contributed by atoms with Crippen LogP contribution in [0.1, 0.15) is 44.1 Å². The lowest BCUT2D eigenvalue weighted by molar-refractivity contribution is -0.129. The molecule has 156 valence electrons. The number of aliphatic hydroxyl groups is 1. The number of rotatable bonds is 7. The molecule has 0 unspecified atom stereocenters. The summed E-state index contributed by atoms with van der Waals surface area (Å²) in [5.74, 6) is 1.60. The van der Waals surface area contributed by atoms with Crippen LogP contribution in [0, 0.1) is 12.3 Å². The van der Waals surface area contributed by atoms with Gasteiger partial charge in [-0.1, -0.05) is 48.0 Å². The van der Waals surface area contributed by atoms with Crippen molar-refractivity contribution >= 4 is 29.0 Å². The van der Waals surface area contributed by atoms with Gasteiger partial charge in [0.25, 0.3) is 0 Å². The molecule has 0 saturated heterocycles. The van der Waals surface area contributed by atoms with Crippen LogP contribution in [0.25, 0.3) is 0 Å². The fraction of sp³-hybridized carbons (Fsp3) is 0.360. The summed E-state index contributed by atoms with van der Waals surface area (Å²) in [4.78, 5) is 27.8.